The molecule has 0 atom stereocenters. The summed E-state index contributed by atoms with van der Waals surface area (Å²) in [6.45, 7) is 2.93. The van der Waals surface area contributed by atoms with E-state index in [0.717, 1.165) is 11.1 Å². The van der Waals surface area contributed by atoms with Crippen molar-refractivity contribution in [3.63, 3.8) is 0 Å². The number of carboxylic acids is 1. The fraction of sp³-hybridized carbons (Fsp3) is 0.267. The third-order valence-electron chi connectivity index (χ3n) is 2.93. The molecule has 2 N–H and O–H groups in total. The van der Waals surface area contributed by atoms with E-state index in [2.05, 4.69) is 15.3 Å². The number of aromatic carboxylic acids is 1. The number of nitrogens with one attached hydrogen (secondary N) is 1. The molecule has 1 aromatic heterocycles. The van der Waals surface area contributed by atoms with Crippen LogP contribution < -0.4 is 5.32 Å². The lowest BCUT2D eigenvalue weighted by molar-refractivity contribution is 0.0697. The van der Waals surface area contributed by atoms with Gasteiger partial charge in [0.1, 0.15) is 11.4 Å². The smallest absolute Gasteiger partial charge is 0.341 e. The van der Waals surface area contributed by atoms with E-state index in [0.29, 0.717) is 24.8 Å². The first-order valence-corrected chi connectivity index (χ1v) is 6.52. The average Bonchev–Trinajstić information content (AvgIpc) is 2.48. The summed E-state index contributed by atoms with van der Waals surface area (Å²) in [4.78, 5) is 19.6. The van der Waals surface area contributed by atoms with Crippen LogP contribution in [0.5, 0.6) is 0 Å². The molecule has 0 unspecified atom stereocenters. The van der Waals surface area contributed by atoms with E-state index in [1.54, 1.807) is 7.11 Å². The van der Waals surface area contributed by atoms with Crippen molar-refractivity contribution in [2.24, 2.45) is 0 Å². The first-order chi connectivity index (χ1) is 10.1. The Hall–Kier alpha value is -2.47. The quantitative estimate of drug-likeness (QED) is 0.792. The van der Waals surface area contributed by atoms with Crippen LogP contribution in [0.2, 0.25) is 0 Å². The molecule has 6 nitrogen and oxygen atoms in total. The van der Waals surface area contributed by atoms with Crippen molar-refractivity contribution < 1.29 is 14.6 Å². The predicted octanol–water partition coefficient (Wildman–Crippen LogP) is 2.21. The number of hydrogen-bond donors (Lipinski definition) is 2. The highest BCUT2D eigenvalue weighted by molar-refractivity contribution is 5.93. The van der Waals surface area contributed by atoms with E-state index < -0.39 is 5.97 Å². The summed E-state index contributed by atoms with van der Waals surface area (Å²) in [5.74, 6) is -0.282. The number of benzene rings is 1. The highest BCUT2D eigenvalue weighted by atomic mass is 16.5. The topological polar surface area (TPSA) is 84.3 Å². The summed E-state index contributed by atoms with van der Waals surface area (Å²) in [6, 6.07) is 7.73. The van der Waals surface area contributed by atoms with E-state index in [9.17, 15) is 4.79 Å². The number of carboxylic acid groups (broad SMARTS) is 1. The van der Waals surface area contributed by atoms with Gasteiger partial charge in [-0.1, -0.05) is 29.8 Å². The van der Waals surface area contributed by atoms with Gasteiger partial charge in [0.25, 0.3) is 0 Å². The number of aryl methyl sites for hydroxylation is 1. The fourth-order valence-electron chi connectivity index (χ4n) is 1.79. The van der Waals surface area contributed by atoms with Crippen molar-refractivity contribution in [1.82, 2.24) is 9.97 Å². The maximum absolute atomic E-state index is 11.2. The van der Waals surface area contributed by atoms with E-state index in [4.69, 9.17) is 9.84 Å². The van der Waals surface area contributed by atoms with E-state index in [1.165, 1.54) is 6.20 Å². The van der Waals surface area contributed by atoms with Crippen LogP contribution in [-0.2, 0) is 4.74 Å². The van der Waals surface area contributed by atoms with Crippen LogP contribution in [0, 0.1) is 6.92 Å². The third-order valence-corrected chi connectivity index (χ3v) is 2.93. The van der Waals surface area contributed by atoms with Crippen molar-refractivity contribution in [2.75, 3.05) is 25.6 Å². The first kappa shape index (κ1) is 14.9. The first-order valence-electron chi connectivity index (χ1n) is 6.52. The third kappa shape index (κ3) is 3.76. The number of anilines is 1. The van der Waals surface area contributed by atoms with Crippen molar-refractivity contribution in [1.29, 1.82) is 0 Å². The van der Waals surface area contributed by atoms with Gasteiger partial charge >= 0.3 is 5.97 Å². The molecule has 2 rings (SSSR count). The molecule has 0 saturated carbocycles. The minimum atomic E-state index is -1.06. The van der Waals surface area contributed by atoms with Crippen LogP contribution in [-0.4, -0.2) is 41.3 Å². The summed E-state index contributed by atoms with van der Waals surface area (Å²) in [5, 5.41) is 12.1. The van der Waals surface area contributed by atoms with Crippen molar-refractivity contribution in [2.45, 2.75) is 6.92 Å². The van der Waals surface area contributed by atoms with E-state index in [1.807, 2.05) is 31.2 Å². The molecule has 0 aliphatic rings. The van der Waals surface area contributed by atoms with E-state index >= 15 is 0 Å². The normalized spacial score (nSPS) is 10.4. The zero-order valence-corrected chi connectivity index (χ0v) is 12.0. The van der Waals surface area contributed by atoms with Gasteiger partial charge in [0.05, 0.1) is 6.61 Å². The summed E-state index contributed by atoms with van der Waals surface area (Å²) in [6.07, 6.45) is 1.32. The minimum Gasteiger partial charge on any atom is -0.477 e. The van der Waals surface area contributed by atoms with Gasteiger partial charge in [0.15, 0.2) is 5.82 Å². The second-order valence-electron chi connectivity index (χ2n) is 4.55. The Labute approximate surface area is 122 Å². The largest absolute Gasteiger partial charge is 0.477 e. The van der Waals surface area contributed by atoms with Gasteiger partial charge in [-0.15, -0.1) is 0 Å². The molecule has 0 saturated heterocycles. The molecule has 110 valence electrons. The molecule has 0 amide bonds. The Morgan fingerprint density at radius 2 is 2.05 bits per heavy atom. The Bertz CT molecular complexity index is 627. The van der Waals surface area contributed by atoms with Gasteiger partial charge in [0.2, 0.25) is 0 Å². The number of nitrogens with zero attached hydrogens (tertiary/aromatic N) is 2. The summed E-state index contributed by atoms with van der Waals surface area (Å²) in [5.41, 5.74) is 2.02. The number of methoxy groups -OCH3 is 1. The number of ether oxygens (including phenoxy) is 1. The Morgan fingerprint density at radius 1 is 1.33 bits per heavy atom. The molecule has 0 aliphatic heterocycles. The molecule has 1 aromatic carbocycles. The van der Waals surface area contributed by atoms with Gasteiger partial charge in [-0.05, 0) is 6.92 Å². The lowest BCUT2D eigenvalue weighted by Crippen LogP contribution is -2.14. The SMILES string of the molecule is COCCNc1nc(-c2ccc(C)cc2)ncc1C(=O)O. The molecule has 2 aromatic rings. The predicted molar refractivity (Wildman–Crippen MR) is 79.5 cm³/mol. The molecule has 0 radical (unpaired) electrons. The lowest BCUT2D eigenvalue weighted by Gasteiger charge is -2.09. The molecule has 21 heavy (non-hydrogen) atoms. The van der Waals surface area contributed by atoms with Crippen LogP contribution in [0.15, 0.2) is 30.5 Å². The summed E-state index contributed by atoms with van der Waals surface area (Å²) >= 11 is 0. The van der Waals surface area contributed by atoms with Crippen LogP contribution in [0.1, 0.15) is 15.9 Å². The van der Waals surface area contributed by atoms with Crippen LogP contribution >= 0.6 is 0 Å². The molecule has 0 bridgehead atoms. The summed E-state index contributed by atoms with van der Waals surface area (Å²) in [7, 11) is 1.58. The molecule has 0 spiro atoms. The van der Waals surface area contributed by atoms with Crippen LogP contribution in [0.25, 0.3) is 11.4 Å². The second kappa shape index (κ2) is 6.81. The van der Waals surface area contributed by atoms with Gasteiger partial charge in [-0.25, -0.2) is 14.8 Å². The van der Waals surface area contributed by atoms with Gasteiger partial charge in [-0.3, -0.25) is 0 Å². The van der Waals surface area contributed by atoms with Crippen LogP contribution in [0.4, 0.5) is 5.82 Å². The highest BCUT2D eigenvalue weighted by Crippen LogP contribution is 2.19. The average molecular weight is 287 g/mol. The Kier molecular flexibility index (Phi) is 4.84. The molecular formula is C15H17N3O3. The Morgan fingerprint density at radius 3 is 2.67 bits per heavy atom. The lowest BCUT2D eigenvalue weighted by atomic mass is 10.1. The number of rotatable bonds is 6. The molecular weight excluding hydrogens is 270 g/mol. The maximum atomic E-state index is 11.2. The minimum absolute atomic E-state index is 0.0435. The van der Waals surface area contributed by atoms with E-state index in [-0.39, 0.29) is 5.56 Å². The van der Waals surface area contributed by atoms with Gasteiger partial charge < -0.3 is 15.2 Å². The molecule has 6 heteroatoms. The molecule has 0 fully saturated rings. The van der Waals surface area contributed by atoms with Crippen molar-refractivity contribution >= 4 is 11.8 Å². The zero-order chi connectivity index (χ0) is 15.2. The number of hydrogen-bond acceptors (Lipinski definition) is 5. The summed E-state index contributed by atoms with van der Waals surface area (Å²) < 4.78 is 4.94. The maximum Gasteiger partial charge on any atom is 0.341 e. The molecule has 0 aliphatic carbocycles. The molecule has 1 heterocycles. The number of aromatic nitrogens is 2. The van der Waals surface area contributed by atoms with Crippen LogP contribution in [0.3, 0.4) is 0 Å². The fourth-order valence-corrected chi connectivity index (χ4v) is 1.79. The highest BCUT2D eigenvalue weighted by Gasteiger charge is 2.14. The zero-order valence-electron chi connectivity index (χ0n) is 12.0. The van der Waals surface area contributed by atoms with Gasteiger partial charge in [0, 0.05) is 25.4 Å². The van der Waals surface area contributed by atoms with Gasteiger partial charge in [-0.2, -0.15) is 0 Å². The standard InChI is InChI=1S/C15H17N3O3/c1-10-3-5-11(6-4-10)13-17-9-12(15(19)20)14(18-13)16-7-8-21-2/h3-6,9H,7-8H2,1-2H3,(H,19,20)(H,16,17,18). The van der Waals surface area contributed by atoms with Crippen molar-refractivity contribution in [3.8, 4) is 11.4 Å². The van der Waals surface area contributed by atoms with Crippen molar-refractivity contribution in [3.05, 3.63) is 41.6 Å². The monoisotopic (exact) mass is 287 g/mol. The Balaban J connectivity index is 2.33. The second-order valence-corrected chi connectivity index (χ2v) is 4.55. The number of carbonyl (C=O) groups is 1.